The topological polar surface area (TPSA) is 584 Å². The van der Waals surface area contributed by atoms with Gasteiger partial charge in [-0.2, -0.15) is 0 Å². The van der Waals surface area contributed by atoms with Gasteiger partial charge in [-0.25, -0.2) is 49.1 Å². The third kappa shape index (κ3) is 23.4. The molecule has 7 aromatic heterocycles. The predicted octanol–water partition coefficient (Wildman–Crippen LogP) is 7.51. The van der Waals surface area contributed by atoms with Gasteiger partial charge in [0.05, 0.1) is 29.2 Å². The molecule has 47 heteroatoms. The number of aromatic hydroxyl groups is 1. The number of piperazine rings is 1. The van der Waals surface area contributed by atoms with Crippen LogP contribution in [0.15, 0.2) is 106 Å². The number of hydrogen-bond donors (Lipinski definition) is 13. The number of unbranched alkanes of at least 4 members (excludes halogenated alkanes) is 2. The first-order valence-corrected chi connectivity index (χ1v) is 46.8. The Labute approximate surface area is 776 Å². The van der Waals surface area contributed by atoms with E-state index in [-0.39, 0.29) is 159 Å². The van der Waals surface area contributed by atoms with Crippen LogP contribution in [-0.4, -0.2) is 218 Å². The van der Waals surface area contributed by atoms with E-state index in [0.29, 0.717) is 52.5 Å². The molecule has 690 valence electrons. The molecule has 0 unspecified atom stereocenters. The van der Waals surface area contributed by atoms with Gasteiger partial charge in [-0.1, -0.05) is 75.9 Å². The minimum absolute atomic E-state index is 0.00144. The van der Waals surface area contributed by atoms with E-state index >= 15 is 9.59 Å². The zero-order valence-corrected chi connectivity index (χ0v) is 76.2. The van der Waals surface area contributed by atoms with E-state index < -0.39 is 161 Å². The first kappa shape index (κ1) is 95.6. The first-order chi connectivity index (χ1) is 63.3. The minimum atomic E-state index is -1.89. The number of H-pyrrole nitrogens is 1. The highest BCUT2D eigenvalue weighted by molar-refractivity contribution is 8.14. The maximum atomic E-state index is 15.1. The predicted molar refractivity (Wildman–Crippen MR) is 486 cm³/mol. The SMILES string of the molecule is C=C(NC(=O)c1csc(-c2nc3c(cc2O)-c2nc(cs2)C(=O)N[C@@H](CC)C(=O)N/C(=C\C)c2nc(cs2)C(=O)N[C@H]2C[C@H](OC(=O)N4CCN(C(=O)OCc5ccc(NC(=O)[C@H](CCCNC(N)=O)NC(=O)[C@@H](NC(=O)CCCCCN6C(=O)C=CC6=O)C(C)C)cc5)CC4)C(=O)OCc4cccc5[nH]c(c(C)c45)C(=O)SC[C@H](NC(=O)c4csc2n4)c2nc-3cs2)n1)C(N)=O. The number of aromatic nitrogens is 7. The summed E-state index contributed by atoms with van der Waals surface area (Å²) in [5, 5.41) is 43.9. The number of benzene rings is 2. The summed E-state index contributed by atoms with van der Waals surface area (Å²) in [4.78, 5) is 253. The van der Waals surface area contributed by atoms with Crippen LogP contribution < -0.4 is 59.3 Å². The Morgan fingerprint density at radius 1 is 0.712 bits per heavy atom. The molecule has 15 N–H and O–H groups in total. The number of carbonyl (C=O) groups excluding carboxylic acids is 16. The van der Waals surface area contributed by atoms with Crippen LogP contribution in [0.4, 0.5) is 20.1 Å². The van der Waals surface area contributed by atoms with Crippen LogP contribution in [-0.2, 0) is 65.8 Å². The maximum Gasteiger partial charge on any atom is 0.410 e. The second-order valence-electron chi connectivity index (χ2n) is 30.7. The van der Waals surface area contributed by atoms with Crippen molar-refractivity contribution in [2.24, 2.45) is 17.4 Å². The van der Waals surface area contributed by atoms with E-state index in [2.05, 4.69) is 74.4 Å². The highest BCUT2D eigenvalue weighted by atomic mass is 32.2. The Balaban J connectivity index is 0.733. The molecule has 0 radical (unpaired) electrons. The van der Waals surface area contributed by atoms with Crippen molar-refractivity contribution in [1.29, 1.82) is 0 Å². The summed E-state index contributed by atoms with van der Waals surface area (Å²) in [6, 6.07) is 5.91. The lowest BCUT2D eigenvalue weighted by Crippen LogP contribution is -2.54. The van der Waals surface area contributed by atoms with Crippen LogP contribution in [0.3, 0.4) is 0 Å². The number of nitrogens with zero attached hydrogens (tertiary/aromatic N) is 9. The van der Waals surface area contributed by atoms with Crippen molar-refractivity contribution in [2.45, 2.75) is 136 Å². The number of amides is 15. The molecule has 9 aromatic rings. The van der Waals surface area contributed by atoms with Crippen molar-refractivity contribution in [1.82, 2.24) is 92.1 Å². The number of nitrogens with one attached hydrogen (secondary N) is 10. The minimum Gasteiger partial charge on any atom is -0.506 e. The molecule has 2 aromatic carbocycles. The number of ether oxygens (including phenoxy) is 3. The van der Waals surface area contributed by atoms with Gasteiger partial charge >= 0.3 is 24.2 Å². The summed E-state index contributed by atoms with van der Waals surface area (Å²) in [6.07, 6.45) is 1.42. The number of fused-ring (bicyclic) bond motifs is 13. The average molecular weight is 1920 g/mol. The number of cyclic esters (lactones) is 1. The molecule has 1 saturated heterocycles. The highest BCUT2D eigenvalue weighted by Gasteiger charge is 2.39. The summed E-state index contributed by atoms with van der Waals surface area (Å²) in [5.41, 5.74) is 12.0. The Morgan fingerprint density at radius 3 is 2.05 bits per heavy atom. The highest BCUT2D eigenvalue weighted by Crippen LogP contribution is 2.42. The number of esters is 1. The number of carbonyl (C=O) groups is 16. The molecule has 1 fully saturated rings. The number of primary amides is 2. The van der Waals surface area contributed by atoms with E-state index in [1.807, 2.05) is 0 Å². The fraction of sp³-hybridized carbons (Fsp3) is 0.341. The second kappa shape index (κ2) is 43.1. The number of rotatable bonds is 24. The number of thiazole rings is 5. The van der Waals surface area contributed by atoms with Crippen molar-refractivity contribution in [2.75, 3.05) is 50.3 Å². The largest absolute Gasteiger partial charge is 0.506 e. The molecule has 12 bridgehead atoms. The number of aryl methyl sites for hydroxylation is 1. The molecular weight excluding hydrogens is 1830 g/mol. The molecule has 0 aliphatic carbocycles. The number of hydrogen-bond acceptors (Lipinski definition) is 32. The first-order valence-electron chi connectivity index (χ1n) is 41.4. The summed E-state index contributed by atoms with van der Waals surface area (Å²) < 4.78 is 17.9. The monoisotopic (exact) mass is 1920 g/mol. The molecule has 0 saturated carbocycles. The molecule has 15 amide bonds. The molecule has 13 rings (SSSR count). The molecule has 132 heavy (non-hydrogen) atoms. The summed E-state index contributed by atoms with van der Waals surface area (Å²) in [6.45, 7) is 11.0. The summed E-state index contributed by atoms with van der Waals surface area (Å²) in [5.74, 6) is -9.61. The lowest BCUT2D eigenvalue weighted by atomic mass is 10.0. The van der Waals surface area contributed by atoms with E-state index in [4.69, 9.17) is 40.6 Å². The van der Waals surface area contributed by atoms with Crippen LogP contribution in [0.1, 0.15) is 175 Å². The van der Waals surface area contributed by atoms with E-state index in [0.717, 1.165) is 73.3 Å². The van der Waals surface area contributed by atoms with Crippen LogP contribution in [0, 0.1) is 12.8 Å². The second-order valence-corrected chi connectivity index (χ2v) is 36.1. The van der Waals surface area contributed by atoms with E-state index in [1.165, 1.54) is 55.6 Å². The number of imide groups is 1. The number of nitrogens with two attached hydrogens (primary N) is 2. The smallest absolute Gasteiger partial charge is 0.410 e. The lowest BCUT2D eigenvalue weighted by molar-refractivity contribution is -0.156. The summed E-state index contributed by atoms with van der Waals surface area (Å²) >= 11 is 5.61. The quantitative estimate of drug-likeness (QED) is 0.00914. The van der Waals surface area contributed by atoms with Crippen molar-refractivity contribution in [3.05, 3.63) is 166 Å². The Bertz CT molecular complexity index is 6080. The fourth-order valence-corrected chi connectivity index (χ4v) is 19.3. The Morgan fingerprint density at radius 2 is 1.36 bits per heavy atom. The fourth-order valence-electron chi connectivity index (χ4n) is 14.1. The third-order valence-electron chi connectivity index (χ3n) is 21.2. The standard InChI is InChI=1S/C85H89N21O20S6/c1-7-47-69(112)93-48(8-2)77-99-55(36-129-77)73(116)95-51-31-59(126-85(123)105-28-26-104(27-29-105)84(122)125-32-43-18-20-45(21-19-43)90-70(113)50(16-13-24-88-83(87)121)94-75(118)64(40(3)4)102-60(108)17-10-9-11-25-106-61(109)22-23-62(106)110)81(119)124-33-44-14-12-15-49-63(44)41(5)65(91-49)82(120)132-39-57(96-74(117)56-37-130-78(51)100-56)79-97-52(34-128-79)66-46(76-98-54(35-127-76)72(115)92-47)30-58(107)67(103-66)80-101-53(38-131-80)71(114)89-42(6)68(86)111/h8,12,14-15,18-23,30,34-38,40,47,50-51,57,59,64,91,107H,6-7,9-11,13,16-17,24-29,31-33,39H2,1-5H3,(H2,86,111)(H,89,114)(H,90,113)(H,92,115)(H,93,112)(H,94,118)(H,95,116)(H,96,117)(H,102,108)(H3,87,88,121)/b48-8-/t47-,50-,51-,57-,59-,64-/m0/s1. The molecule has 11 heterocycles. The Hall–Kier alpha value is -14.0. The number of pyridine rings is 1. The number of aromatic amines is 1. The van der Waals surface area contributed by atoms with Crippen LogP contribution in [0.2, 0.25) is 0 Å². The molecule has 4 aliphatic rings. The van der Waals surface area contributed by atoms with E-state index in [1.54, 1.807) is 82.5 Å². The Kier molecular flexibility index (Phi) is 31.2. The van der Waals surface area contributed by atoms with Gasteiger partial charge in [0.15, 0.2) is 0 Å². The maximum absolute atomic E-state index is 15.1. The van der Waals surface area contributed by atoms with Gasteiger partial charge in [-0.05, 0) is 92.8 Å². The molecule has 6 atom stereocenters. The summed E-state index contributed by atoms with van der Waals surface area (Å²) in [7, 11) is 0. The number of thioether (sulfide) groups is 1. The molecular formula is C85H89N21O20S6. The zero-order chi connectivity index (χ0) is 94.3. The van der Waals surface area contributed by atoms with Crippen molar-refractivity contribution < 1.29 is 96.0 Å². The van der Waals surface area contributed by atoms with Crippen LogP contribution >= 0.6 is 68.4 Å². The van der Waals surface area contributed by atoms with Gasteiger partial charge in [0, 0.05) is 119 Å². The zero-order valence-electron chi connectivity index (χ0n) is 71.3. The molecule has 41 nitrogen and oxygen atoms in total. The number of urea groups is 1. The van der Waals surface area contributed by atoms with E-state index in [9.17, 15) is 72.2 Å². The van der Waals surface area contributed by atoms with Gasteiger partial charge in [0.2, 0.25) is 34.8 Å². The number of anilines is 1. The van der Waals surface area contributed by atoms with Gasteiger partial charge in [0.25, 0.3) is 41.4 Å². The van der Waals surface area contributed by atoms with Gasteiger partial charge in [0.1, 0.15) is 102 Å². The van der Waals surface area contributed by atoms with Gasteiger partial charge < -0.3 is 93.4 Å². The van der Waals surface area contributed by atoms with Crippen molar-refractivity contribution in [3.8, 4) is 38.4 Å². The van der Waals surface area contributed by atoms with Gasteiger partial charge in [-0.3, -0.25) is 62.4 Å². The van der Waals surface area contributed by atoms with Crippen LogP contribution in [0.25, 0.3) is 49.3 Å². The third-order valence-corrected chi connectivity index (χ3v) is 26.7. The number of allylic oxidation sites excluding steroid dienone is 1. The van der Waals surface area contributed by atoms with Crippen LogP contribution in [0.5, 0.6) is 5.75 Å². The normalized spacial score (nSPS) is 17.6. The van der Waals surface area contributed by atoms with Gasteiger partial charge in [-0.15, -0.1) is 56.7 Å². The lowest BCUT2D eigenvalue weighted by Gasteiger charge is -2.34. The average Bonchev–Trinajstić information content (AvgIpc) is 1.59. The molecule has 0 spiro atoms. The molecule has 4 aliphatic heterocycles. The van der Waals surface area contributed by atoms with Crippen molar-refractivity contribution in [3.63, 3.8) is 0 Å². The van der Waals surface area contributed by atoms with Crippen molar-refractivity contribution >= 4 is 185 Å².